The van der Waals surface area contributed by atoms with Crippen molar-refractivity contribution in [2.45, 2.75) is 6.54 Å². The van der Waals surface area contributed by atoms with Gasteiger partial charge in [0.05, 0.1) is 0 Å². The number of carbonyl (C=O) groups excluding carboxylic acids is 1. The molecule has 0 fully saturated rings. The Morgan fingerprint density at radius 2 is 2.00 bits per heavy atom. The van der Waals surface area contributed by atoms with E-state index in [4.69, 9.17) is 16.0 Å². The molecule has 0 aliphatic carbocycles. The average Bonchev–Trinajstić information content (AvgIpc) is 2.84. The lowest BCUT2D eigenvalue weighted by molar-refractivity contribution is -0.125. The number of rotatable bonds is 4. The second-order valence-corrected chi connectivity index (χ2v) is 5.80. The number of hydrogen-bond donors (Lipinski definition) is 0. The second-order valence-electron chi connectivity index (χ2n) is 4.30. The first-order valence-corrected chi connectivity index (χ1v) is 7.43. The minimum Gasteiger partial charge on any atom is -0.451 e. The van der Waals surface area contributed by atoms with Crippen molar-refractivity contribution >= 4 is 46.2 Å². The molecular formula is C15H13ClINO2. The van der Waals surface area contributed by atoms with Gasteiger partial charge in [0.25, 0.3) is 0 Å². The van der Waals surface area contributed by atoms with Gasteiger partial charge < -0.3 is 9.32 Å². The lowest BCUT2D eigenvalue weighted by Crippen LogP contribution is -2.24. The first-order chi connectivity index (χ1) is 9.54. The molecule has 2 rings (SSSR count). The number of likely N-dealkylation sites (N-methyl/N-ethyl adjacent to an activating group) is 1. The van der Waals surface area contributed by atoms with Gasteiger partial charge in [-0.05, 0) is 58.5 Å². The normalized spacial score (nSPS) is 10.9. The van der Waals surface area contributed by atoms with E-state index in [0.717, 1.165) is 9.33 Å². The highest BCUT2D eigenvalue weighted by molar-refractivity contribution is 14.1. The largest absolute Gasteiger partial charge is 0.451 e. The highest BCUT2D eigenvalue weighted by Crippen LogP contribution is 2.13. The van der Waals surface area contributed by atoms with E-state index < -0.39 is 0 Å². The van der Waals surface area contributed by atoms with Gasteiger partial charge in [0.2, 0.25) is 5.91 Å². The third-order valence-corrected chi connectivity index (χ3v) is 3.53. The van der Waals surface area contributed by atoms with Crippen LogP contribution >= 0.6 is 34.2 Å². The van der Waals surface area contributed by atoms with E-state index in [2.05, 4.69) is 22.6 Å². The Kier molecular flexibility index (Phi) is 5.25. The quantitative estimate of drug-likeness (QED) is 0.568. The first-order valence-electron chi connectivity index (χ1n) is 5.97. The standard InChI is InChI=1S/C15H13ClINO2/c1-18(10-11-2-4-12(16)5-3-11)15(19)9-7-13-6-8-14(17)20-13/h2-9H,10H2,1H3/b9-7+. The fraction of sp³-hybridized carbons (Fsp3) is 0.133. The molecule has 0 radical (unpaired) electrons. The molecule has 1 aromatic heterocycles. The highest BCUT2D eigenvalue weighted by atomic mass is 127. The third kappa shape index (κ3) is 4.38. The van der Waals surface area contributed by atoms with Crippen LogP contribution in [0, 0.1) is 3.77 Å². The Bertz CT molecular complexity index is 619. The van der Waals surface area contributed by atoms with Crippen molar-refractivity contribution in [3.63, 3.8) is 0 Å². The summed E-state index contributed by atoms with van der Waals surface area (Å²) in [6.45, 7) is 0.538. The number of carbonyl (C=O) groups is 1. The SMILES string of the molecule is CN(Cc1ccc(Cl)cc1)C(=O)/C=C/c1ccc(I)o1. The predicted octanol–water partition coefficient (Wildman–Crippen LogP) is 4.21. The smallest absolute Gasteiger partial charge is 0.246 e. The van der Waals surface area contributed by atoms with E-state index in [1.165, 1.54) is 6.08 Å². The van der Waals surface area contributed by atoms with Crippen molar-refractivity contribution in [3.8, 4) is 0 Å². The molecule has 1 aromatic carbocycles. The molecular weight excluding hydrogens is 389 g/mol. The topological polar surface area (TPSA) is 33.5 Å². The lowest BCUT2D eigenvalue weighted by Gasteiger charge is -2.15. The molecule has 0 spiro atoms. The van der Waals surface area contributed by atoms with Gasteiger partial charge in [-0.2, -0.15) is 0 Å². The van der Waals surface area contributed by atoms with Crippen LogP contribution in [0.1, 0.15) is 11.3 Å². The zero-order chi connectivity index (χ0) is 14.5. The maximum absolute atomic E-state index is 12.0. The summed E-state index contributed by atoms with van der Waals surface area (Å²) in [4.78, 5) is 13.6. The van der Waals surface area contributed by atoms with Crippen LogP contribution in [0.3, 0.4) is 0 Å². The number of amides is 1. The van der Waals surface area contributed by atoms with Crippen LogP contribution in [0.25, 0.3) is 6.08 Å². The summed E-state index contributed by atoms with van der Waals surface area (Å²) in [6, 6.07) is 11.1. The van der Waals surface area contributed by atoms with Gasteiger partial charge in [0, 0.05) is 24.7 Å². The van der Waals surface area contributed by atoms with Crippen molar-refractivity contribution < 1.29 is 9.21 Å². The molecule has 5 heteroatoms. The van der Waals surface area contributed by atoms with Crippen molar-refractivity contribution in [1.29, 1.82) is 0 Å². The van der Waals surface area contributed by atoms with Crippen LogP contribution in [-0.4, -0.2) is 17.9 Å². The first kappa shape index (κ1) is 15.1. The van der Waals surface area contributed by atoms with E-state index in [1.54, 1.807) is 18.0 Å². The van der Waals surface area contributed by atoms with Crippen molar-refractivity contribution in [2.24, 2.45) is 0 Å². The summed E-state index contributed by atoms with van der Waals surface area (Å²) in [5, 5.41) is 0.690. The van der Waals surface area contributed by atoms with Crippen LogP contribution in [-0.2, 0) is 11.3 Å². The fourth-order valence-corrected chi connectivity index (χ4v) is 2.20. The molecule has 0 saturated carbocycles. The van der Waals surface area contributed by atoms with E-state index in [9.17, 15) is 4.79 Å². The van der Waals surface area contributed by atoms with Crippen LogP contribution in [0.4, 0.5) is 0 Å². The van der Waals surface area contributed by atoms with Gasteiger partial charge in [-0.1, -0.05) is 23.7 Å². The Balaban J connectivity index is 1.95. The maximum atomic E-state index is 12.0. The molecule has 2 aromatic rings. The van der Waals surface area contributed by atoms with E-state index in [-0.39, 0.29) is 5.91 Å². The second kappa shape index (κ2) is 6.95. The Hall–Kier alpha value is -1.27. The van der Waals surface area contributed by atoms with Crippen LogP contribution in [0.15, 0.2) is 46.9 Å². The van der Waals surface area contributed by atoms with Gasteiger partial charge >= 0.3 is 0 Å². The van der Waals surface area contributed by atoms with E-state index in [1.807, 2.05) is 36.4 Å². The minimum atomic E-state index is -0.0774. The Morgan fingerprint density at radius 1 is 1.30 bits per heavy atom. The molecule has 0 unspecified atom stereocenters. The van der Waals surface area contributed by atoms with Gasteiger partial charge in [0.1, 0.15) is 5.76 Å². The molecule has 1 heterocycles. The summed E-state index contributed by atoms with van der Waals surface area (Å²) in [6.07, 6.45) is 3.17. The minimum absolute atomic E-state index is 0.0774. The van der Waals surface area contributed by atoms with E-state index in [0.29, 0.717) is 17.3 Å². The van der Waals surface area contributed by atoms with Crippen LogP contribution in [0.5, 0.6) is 0 Å². The Morgan fingerprint density at radius 3 is 2.60 bits per heavy atom. The molecule has 1 amide bonds. The molecule has 3 nitrogen and oxygen atoms in total. The summed E-state index contributed by atoms with van der Waals surface area (Å²) < 4.78 is 6.16. The predicted molar refractivity (Wildman–Crippen MR) is 88.4 cm³/mol. The third-order valence-electron chi connectivity index (χ3n) is 2.69. The number of benzene rings is 1. The summed E-state index contributed by atoms with van der Waals surface area (Å²) in [7, 11) is 1.76. The van der Waals surface area contributed by atoms with Crippen LogP contribution < -0.4 is 0 Å². The lowest BCUT2D eigenvalue weighted by atomic mass is 10.2. The summed E-state index contributed by atoms with van der Waals surface area (Å²) in [5.41, 5.74) is 1.03. The van der Waals surface area contributed by atoms with Crippen molar-refractivity contribution in [3.05, 3.63) is 62.6 Å². The maximum Gasteiger partial charge on any atom is 0.246 e. The fourth-order valence-electron chi connectivity index (χ4n) is 1.64. The van der Waals surface area contributed by atoms with Gasteiger partial charge in [0.15, 0.2) is 3.77 Å². The molecule has 104 valence electrons. The Labute approximate surface area is 136 Å². The molecule has 0 N–H and O–H groups in total. The van der Waals surface area contributed by atoms with Crippen LogP contribution in [0.2, 0.25) is 5.02 Å². The van der Waals surface area contributed by atoms with Gasteiger partial charge in [-0.25, -0.2) is 0 Å². The zero-order valence-electron chi connectivity index (χ0n) is 10.8. The molecule has 0 bridgehead atoms. The molecule has 0 saturated heterocycles. The number of hydrogen-bond acceptors (Lipinski definition) is 2. The number of furan rings is 1. The number of halogens is 2. The molecule has 0 aliphatic heterocycles. The number of nitrogens with zero attached hydrogens (tertiary/aromatic N) is 1. The van der Waals surface area contributed by atoms with Crippen molar-refractivity contribution in [2.75, 3.05) is 7.05 Å². The highest BCUT2D eigenvalue weighted by Gasteiger charge is 2.06. The molecule has 0 aliphatic rings. The summed E-state index contributed by atoms with van der Waals surface area (Å²) >= 11 is 7.91. The monoisotopic (exact) mass is 401 g/mol. The summed E-state index contributed by atoms with van der Waals surface area (Å²) in [5.74, 6) is 0.592. The van der Waals surface area contributed by atoms with Gasteiger partial charge in [-0.3, -0.25) is 4.79 Å². The van der Waals surface area contributed by atoms with Gasteiger partial charge in [-0.15, -0.1) is 0 Å². The molecule has 20 heavy (non-hydrogen) atoms. The van der Waals surface area contributed by atoms with Crippen molar-refractivity contribution in [1.82, 2.24) is 4.90 Å². The van der Waals surface area contributed by atoms with E-state index >= 15 is 0 Å². The molecule has 0 atom stereocenters. The average molecular weight is 402 g/mol. The zero-order valence-corrected chi connectivity index (χ0v) is 13.8.